The number of halogens is 1. The Hall–Kier alpha value is -1.31. The highest BCUT2D eigenvalue weighted by Gasteiger charge is 2.34. The van der Waals surface area contributed by atoms with Gasteiger partial charge in [0.15, 0.2) is 5.78 Å². The number of methoxy groups -OCH3 is 1. The Kier molecular flexibility index (Phi) is 5.38. The van der Waals surface area contributed by atoms with Crippen LogP contribution in [-0.4, -0.2) is 24.0 Å². The van der Waals surface area contributed by atoms with E-state index in [-0.39, 0.29) is 12.2 Å². The molecule has 0 aliphatic heterocycles. The molecule has 1 aromatic carbocycles. The second-order valence-electron chi connectivity index (χ2n) is 4.89. The first-order chi connectivity index (χ1) is 9.25. The average molecular weight is 391 g/mol. The van der Waals surface area contributed by atoms with Crippen LogP contribution in [0.5, 0.6) is 5.75 Å². The highest BCUT2D eigenvalue weighted by Crippen LogP contribution is 2.32. The van der Waals surface area contributed by atoms with Crippen molar-refractivity contribution in [3.05, 3.63) is 21.3 Å². The average Bonchev–Trinajstić information content (AvgIpc) is 2.40. The molecule has 0 amide bonds. The predicted molar refractivity (Wildman–Crippen MR) is 85.1 cm³/mol. The molecule has 3 N–H and O–H groups in total. The van der Waals surface area contributed by atoms with Gasteiger partial charge in [0.25, 0.3) is 0 Å². The van der Waals surface area contributed by atoms with Crippen LogP contribution < -0.4 is 10.5 Å². The van der Waals surface area contributed by atoms with Gasteiger partial charge in [-0.2, -0.15) is 0 Å². The van der Waals surface area contributed by atoms with Crippen molar-refractivity contribution in [2.45, 2.75) is 26.7 Å². The molecular weight excluding hydrogens is 373 g/mol. The molecular formula is C14H18INO4. The molecule has 0 saturated carbocycles. The molecule has 0 aliphatic carbocycles. The lowest BCUT2D eigenvalue weighted by Gasteiger charge is -2.22. The van der Waals surface area contributed by atoms with Gasteiger partial charge in [0.2, 0.25) is 0 Å². The summed E-state index contributed by atoms with van der Waals surface area (Å²) in [6.45, 7) is 3.33. The van der Waals surface area contributed by atoms with Crippen molar-refractivity contribution in [3.63, 3.8) is 0 Å². The Morgan fingerprint density at radius 3 is 2.50 bits per heavy atom. The van der Waals surface area contributed by atoms with E-state index < -0.39 is 11.4 Å². The van der Waals surface area contributed by atoms with Gasteiger partial charge in [-0.3, -0.25) is 9.59 Å². The Labute approximate surface area is 131 Å². The molecule has 0 bridgehead atoms. The molecule has 5 nitrogen and oxygen atoms in total. The normalized spacial score (nSPS) is 13.6. The second kappa shape index (κ2) is 6.43. The van der Waals surface area contributed by atoms with Crippen molar-refractivity contribution in [1.29, 1.82) is 0 Å². The molecule has 110 valence electrons. The van der Waals surface area contributed by atoms with E-state index in [1.165, 1.54) is 7.11 Å². The molecule has 6 heteroatoms. The number of ether oxygens (including phenoxy) is 1. The summed E-state index contributed by atoms with van der Waals surface area (Å²) in [6, 6.07) is 3.22. The van der Waals surface area contributed by atoms with Crippen LogP contribution in [0.15, 0.2) is 12.1 Å². The molecule has 0 heterocycles. The van der Waals surface area contributed by atoms with Crippen molar-refractivity contribution in [3.8, 4) is 5.75 Å². The maximum Gasteiger partial charge on any atom is 0.309 e. The molecule has 0 unspecified atom stereocenters. The highest BCUT2D eigenvalue weighted by atomic mass is 127. The zero-order valence-corrected chi connectivity index (χ0v) is 13.9. The molecule has 0 spiro atoms. The summed E-state index contributed by atoms with van der Waals surface area (Å²) in [5, 5.41) is 9.25. The second-order valence-corrected chi connectivity index (χ2v) is 6.06. The lowest BCUT2D eigenvalue weighted by Crippen LogP contribution is -2.29. The summed E-state index contributed by atoms with van der Waals surface area (Å²) in [5.74, 6) is -0.860. The van der Waals surface area contributed by atoms with Crippen LogP contribution in [0.25, 0.3) is 0 Å². The molecule has 20 heavy (non-hydrogen) atoms. The van der Waals surface area contributed by atoms with Crippen molar-refractivity contribution >= 4 is 40.0 Å². The van der Waals surface area contributed by atoms with E-state index in [0.717, 1.165) is 3.57 Å². The van der Waals surface area contributed by atoms with Gasteiger partial charge in [0.1, 0.15) is 5.75 Å². The number of Topliss-reactive ketones (excluding diaryl/α,β-unsaturated/α-hetero) is 1. The first-order valence-electron chi connectivity index (χ1n) is 6.14. The van der Waals surface area contributed by atoms with Crippen LogP contribution in [-0.2, 0) is 4.79 Å². The fourth-order valence-electron chi connectivity index (χ4n) is 1.76. The number of anilines is 1. The molecule has 0 saturated heterocycles. The number of hydrogen-bond acceptors (Lipinski definition) is 4. The summed E-state index contributed by atoms with van der Waals surface area (Å²) in [6.07, 6.45) is 0.303. The minimum atomic E-state index is -1.07. The van der Waals surface area contributed by atoms with E-state index >= 15 is 0 Å². The van der Waals surface area contributed by atoms with Gasteiger partial charge in [-0.05, 0) is 42.0 Å². The van der Waals surface area contributed by atoms with Crippen LogP contribution in [0.1, 0.15) is 37.0 Å². The lowest BCUT2D eigenvalue weighted by atomic mass is 9.81. The molecule has 0 aromatic heterocycles. The van der Waals surface area contributed by atoms with E-state index in [9.17, 15) is 14.7 Å². The number of ketones is 1. The number of nitrogens with two attached hydrogens (primary N) is 1. The summed E-state index contributed by atoms with van der Waals surface area (Å²) in [5.41, 5.74) is 5.59. The molecule has 1 atom stereocenters. The number of aliphatic carboxylic acids is 1. The van der Waals surface area contributed by atoms with Crippen molar-refractivity contribution in [2.75, 3.05) is 12.8 Å². The molecule has 1 rings (SSSR count). The summed E-state index contributed by atoms with van der Waals surface area (Å²) in [7, 11) is 1.45. The van der Waals surface area contributed by atoms with Gasteiger partial charge in [-0.25, -0.2) is 0 Å². The van der Waals surface area contributed by atoms with E-state index in [4.69, 9.17) is 10.5 Å². The maximum atomic E-state index is 12.4. The molecule has 0 radical (unpaired) electrons. The first kappa shape index (κ1) is 16.7. The smallest absolute Gasteiger partial charge is 0.309 e. The maximum absolute atomic E-state index is 12.4. The van der Waals surface area contributed by atoms with Gasteiger partial charge in [-0.15, -0.1) is 0 Å². The summed E-state index contributed by atoms with van der Waals surface area (Å²) >= 11 is 2.03. The third-order valence-corrected chi connectivity index (χ3v) is 4.40. The van der Waals surface area contributed by atoms with Gasteiger partial charge >= 0.3 is 5.97 Å². The monoisotopic (exact) mass is 391 g/mol. The van der Waals surface area contributed by atoms with E-state index in [1.54, 1.807) is 26.0 Å². The van der Waals surface area contributed by atoms with Crippen LogP contribution in [0.3, 0.4) is 0 Å². The highest BCUT2D eigenvalue weighted by molar-refractivity contribution is 14.1. The fraction of sp³-hybridized carbons (Fsp3) is 0.429. The quantitative estimate of drug-likeness (QED) is 0.442. The zero-order valence-electron chi connectivity index (χ0n) is 11.7. The number of carboxylic acids is 1. The third-order valence-electron chi connectivity index (χ3n) is 3.47. The number of carbonyl (C=O) groups is 2. The van der Waals surface area contributed by atoms with Crippen molar-refractivity contribution in [1.82, 2.24) is 0 Å². The zero-order chi connectivity index (χ0) is 15.5. The van der Waals surface area contributed by atoms with Crippen LogP contribution in [0, 0.1) is 8.99 Å². The van der Waals surface area contributed by atoms with Gasteiger partial charge in [-0.1, -0.05) is 6.92 Å². The minimum Gasteiger partial charge on any atom is -0.496 e. The predicted octanol–water partition coefficient (Wildman–Crippen LogP) is 2.96. The van der Waals surface area contributed by atoms with Gasteiger partial charge in [0, 0.05) is 21.7 Å². The fourth-order valence-corrected chi connectivity index (χ4v) is 2.22. The third kappa shape index (κ3) is 3.41. The van der Waals surface area contributed by atoms with Gasteiger partial charge in [0.05, 0.1) is 18.1 Å². The Bertz CT molecular complexity index is 544. The summed E-state index contributed by atoms with van der Waals surface area (Å²) in [4.78, 5) is 23.7. The number of carboxylic acid groups (broad SMARTS) is 1. The first-order valence-corrected chi connectivity index (χ1v) is 7.22. The topological polar surface area (TPSA) is 89.6 Å². The molecule has 1 aromatic rings. The standard InChI is InChI=1S/C14H18INO4/c1-4-14(2,13(18)19)7-11(17)8-5-9(15)10(16)6-12(8)20-3/h5-6H,4,7,16H2,1-3H3,(H,18,19)/t14-/m0/s1. The number of benzene rings is 1. The number of hydrogen-bond donors (Lipinski definition) is 2. The van der Waals surface area contributed by atoms with E-state index in [2.05, 4.69) is 0 Å². The molecule has 0 aliphatic rings. The van der Waals surface area contributed by atoms with E-state index in [0.29, 0.717) is 23.4 Å². The van der Waals surface area contributed by atoms with E-state index in [1.807, 2.05) is 22.6 Å². The van der Waals surface area contributed by atoms with Crippen LogP contribution in [0.4, 0.5) is 5.69 Å². The van der Waals surface area contributed by atoms with Crippen LogP contribution in [0.2, 0.25) is 0 Å². The van der Waals surface area contributed by atoms with Crippen LogP contribution >= 0.6 is 22.6 Å². The number of rotatable bonds is 6. The number of carbonyl (C=O) groups excluding carboxylic acids is 1. The Morgan fingerprint density at radius 2 is 2.05 bits per heavy atom. The lowest BCUT2D eigenvalue weighted by molar-refractivity contribution is -0.148. The van der Waals surface area contributed by atoms with Gasteiger partial charge < -0.3 is 15.6 Å². The molecule has 0 fully saturated rings. The Morgan fingerprint density at radius 1 is 1.45 bits per heavy atom. The Balaban J connectivity index is 3.15. The van der Waals surface area contributed by atoms with Crippen molar-refractivity contribution < 1.29 is 19.4 Å². The van der Waals surface area contributed by atoms with Crippen molar-refractivity contribution in [2.24, 2.45) is 5.41 Å². The summed E-state index contributed by atoms with van der Waals surface area (Å²) < 4.78 is 5.90. The minimum absolute atomic E-state index is 0.0742. The largest absolute Gasteiger partial charge is 0.496 e. The number of nitrogen functional groups attached to an aromatic ring is 1. The SMILES string of the molecule is CC[C@@](C)(CC(=O)c1cc(I)c(N)cc1OC)C(=O)O.